The number of hydrogen-bond donors (Lipinski definition) is 2. The van der Waals surface area contributed by atoms with Crippen LogP contribution in [0.2, 0.25) is 0 Å². The third-order valence-electron chi connectivity index (χ3n) is 0.418. The minimum atomic E-state index is -5.36. The van der Waals surface area contributed by atoms with Gasteiger partial charge in [0.05, 0.1) is 6.26 Å². The zero-order chi connectivity index (χ0) is 10.9. The van der Waals surface area contributed by atoms with Crippen molar-refractivity contribution in [3.05, 3.63) is 0 Å². The minimum absolute atomic E-state index is 0.392. The Kier molecular flexibility index (Phi) is 3.60. The van der Waals surface area contributed by atoms with Gasteiger partial charge in [0.1, 0.15) is 0 Å². The first-order valence-electron chi connectivity index (χ1n) is 2.34. The molecule has 1 atom stereocenters. The molecule has 0 saturated heterocycles. The molecule has 9 nitrogen and oxygen atoms in total. The van der Waals surface area contributed by atoms with Crippen LogP contribution < -0.4 is 0 Å². The molecule has 0 aromatic carbocycles. The van der Waals surface area contributed by atoms with Crippen molar-refractivity contribution in [2.24, 2.45) is 0 Å². The molecule has 0 aliphatic carbocycles. The van der Waals surface area contributed by atoms with Crippen molar-refractivity contribution in [1.29, 1.82) is 0 Å². The standard InChI is InChI=1S/CH5O9PS2/c1-12(4,5)9-11(2,3)10-13(6,7)8/h1H3,(H,2,3)(H,6,7,8). The molecule has 0 aliphatic heterocycles. The second-order valence-corrected chi connectivity index (χ2v) is 6.14. The Morgan fingerprint density at radius 3 is 1.77 bits per heavy atom. The maximum atomic E-state index is 10.4. The Balaban J connectivity index is 4.74. The van der Waals surface area contributed by atoms with E-state index in [0.717, 1.165) is 0 Å². The highest BCUT2D eigenvalue weighted by Gasteiger charge is 2.33. The Hall–Kier alpha value is -0.0300. The maximum Gasteiger partial charge on any atom is 0.503 e. The second-order valence-electron chi connectivity index (χ2n) is 1.75. The molecule has 12 heteroatoms. The van der Waals surface area contributed by atoms with Crippen LogP contribution in [0.5, 0.6) is 0 Å². The van der Waals surface area contributed by atoms with E-state index in [-0.39, 0.29) is 0 Å². The van der Waals surface area contributed by atoms with Crippen LogP contribution in [0.3, 0.4) is 0 Å². The van der Waals surface area contributed by atoms with Gasteiger partial charge in [-0.2, -0.15) is 20.8 Å². The highest BCUT2D eigenvalue weighted by atomic mass is 32.3. The van der Waals surface area contributed by atoms with Gasteiger partial charge in [0.15, 0.2) is 0 Å². The van der Waals surface area contributed by atoms with E-state index in [2.05, 4.69) is 7.94 Å². The molecule has 0 radical (unpaired) electrons. The molecule has 0 bridgehead atoms. The van der Waals surface area contributed by atoms with Crippen molar-refractivity contribution in [3.8, 4) is 0 Å². The lowest BCUT2D eigenvalue weighted by molar-refractivity contribution is 0.277. The van der Waals surface area contributed by atoms with Crippen LogP contribution in [-0.2, 0) is 33.0 Å². The first-order valence-corrected chi connectivity index (χ1v) is 7.02. The zero-order valence-corrected chi connectivity index (χ0v) is 8.54. The molecular weight excluding hydrogens is 251 g/mol. The van der Waals surface area contributed by atoms with Crippen LogP contribution in [0.1, 0.15) is 0 Å². The number of hydrogen-bond acceptors (Lipinski definition) is 7. The summed E-state index contributed by atoms with van der Waals surface area (Å²) < 4.78 is 64.9. The van der Waals surface area contributed by atoms with Gasteiger partial charge in [0.25, 0.3) is 10.1 Å². The average molecular weight is 256 g/mol. The van der Waals surface area contributed by atoms with Crippen LogP contribution in [0.4, 0.5) is 0 Å². The molecule has 0 rings (SSSR count). The highest BCUT2D eigenvalue weighted by molar-refractivity contribution is 7.92. The van der Waals surface area contributed by atoms with E-state index in [1.807, 2.05) is 0 Å². The quantitative estimate of drug-likeness (QED) is 0.471. The van der Waals surface area contributed by atoms with E-state index in [1.165, 1.54) is 0 Å². The monoisotopic (exact) mass is 256 g/mol. The summed E-state index contributed by atoms with van der Waals surface area (Å²) in [6.07, 6.45) is 0.392. The second kappa shape index (κ2) is 3.61. The van der Waals surface area contributed by atoms with E-state index >= 15 is 0 Å². The smallest absolute Gasteiger partial charge is 0.301 e. The highest BCUT2D eigenvalue weighted by Crippen LogP contribution is 2.46. The summed E-state index contributed by atoms with van der Waals surface area (Å²) in [6.45, 7) is 0. The van der Waals surface area contributed by atoms with Crippen molar-refractivity contribution in [2.45, 2.75) is 0 Å². The summed E-state index contributed by atoms with van der Waals surface area (Å²) in [6, 6.07) is 0. The van der Waals surface area contributed by atoms with E-state index in [0.29, 0.717) is 6.26 Å². The normalized spacial score (nSPS) is 18.1. The fraction of sp³-hybridized carbons (Fsp3) is 1.00. The van der Waals surface area contributed by atoms with Gasteiger partial charge in [0.2, 0.25) is 0 Å². The molecule has 0 amide bonds. The predicted molar refractivity (Wildman–Crippen MR) is 38.4 cm³/mol. The van der Waals surface area contributed by atoms with Gasteiger partial charge < -0.3 is 4.89 Å². The molecule has 0 aromatic rings. The Morgan fingerprint density at radius 2 is 1.54 bits per heavy atom. The van der Waals surface area contributed by atoms with Gasteiger partial charge in [-0.05, 0) is 0 Å². The Morgan fingerprint density at radius 1 is 1.15 bits per heavy atom. The molecule has 1 unspecified atom stereocenters. The van der Waals surface area contributed by atoms with Crippen LogP contribution in [0, 0.1) is 0 Å². The fourth-order valence-electron chi connectivity index (χ4n) is 0.303. The van der Waals surface area contributed by atoms with Gasteiger partial charge in [-0.15, -0.1) is 3.97 Å². The van der Waals surface area contributed by atoms with E-state index in [4.69, 9.17) is 9.45 Å². The molecule has 80 valence electrons. The Labute approximate surface area is 74.0 Å². The first-order chi connectivity index (χ1) is 5.41. The SMILES string of the molecule is CS(=O)(=O)OP(=O)(O)OS(=O)(=O)O. The summed E-state index contributed by atoms with van der Waals surface area (Å²) in [4.78, 5) is 8.38. The molecule has 13 heavy (non-hydrogen) atoms. The van der Waals surface area contributed by atoms with E-state index in [9.17, 15) is 21.4 Å². The molecule has 0 aliphatic rings. The zero-order valence-electron chi connectivity index (χ0n) is 6.02. The minimum Gasteiger partial charge on any atom is -0.301 e. The third-order valence-corrected chi connectivity index (χ3v) is 3.76. The summed E-state index contributed by atoms with van der Waals surface area (Å²) in [5.41, 5.74) is 0. The molecule has 0 saturated carbocycles. The lowest BCUT2D eigenvalue weighted by atomic mass is 12.0. The number of rotatable bonds is 4. The summed E-state index contributed by atoms with van der Waals surface area (Å²) in [7, 11) is -15.0. The Bertz CT molecular complexity index is 375. The predicted octanol–water partition coefficient (Wildman–Crippen LogP) is -1.12. The summed E-state index contributed by atoms with van der Waals surface area (Å²) in [5, 5.41) is 0. The molecule has 0 spiro atoms. The molecule has 0 heterocycles. The van der Waals surface area contributed by atoms with E-state index < -0.39 is 28.3 Å². The lowest BCUT2D eigenvalue weighted by Crippen LogP contribution is -2.07. The number of phosphoric acid groups is 1. The molecule has 0 aromatic heterocycles. The van der Waals surface area contributed by atoms with Gasteiger partial charge in [-0.3, -0.25) is 4.55 Å². The summed E-state index contributed by atoms with van der Waals surface area (Å²) >= 11 is 0. The molecule has 0 fully saturated rings. The van der Waals surface area contributed by atoms with Crippen molar-refractivity contribution in [1.82, 2.24) is 0 Å². The summed E-state index contributed by atoms with van der Waals surface area (Å²) in [5.74, 6) is 0. The third kappa shape index (κ3) is 8.30. The topological polar surface area (TPSA) is 144 Å². The van der Waals surface area contributed by atoms with Gasteiger partial charge >= 0.3 is 18.2 Å². The van der Waals surface area contributed by atoms with Gasteiger partial charge in [-0.25, -0.2) is 4.57 Å². The molecular formula is CH5O9PS2. The van der Waals surface area contributed by atoms with Gasteiger partial charge in [-0.1, -0.05) is 0 Å². The van der Waals surface area contributed by atoms with Crippen LogP contribution >= 0.6 is 7.82 Å². The fourth-order valence-corrected chi connectivity index (χ4v) is 2.95. The molecule has 2 N–H and O–H groups in total. The van der Waals surface area contributed by atoms with Crippen molar-refractivity contribution in [2.75, 3.05) is 6.26 Å². The maximum absolute atomic E-state index is 10.4. The van der Waals surface area contributed by atoms with Crippen LogP contribution in [0.15, 0.2) is 0 Å². The van der Waals surface area contributed by atoms with Crippen LogP contribution in [0.25, 0.3) is 0 Å². The van der Waals surface area contributed by atoms with Crippen molar-refractivity contribution in [3.63, 3.8) is 0 Å². The van der Waals surface area contributed by atoms with Crippen LogP contribution in [-0.4, -0.2) is 32.5 Å². The van der Waals surface area contributed by atoms with E-state index in [1.54, 1.807) is 0 Å². The van der Waals surface area contributed by atoms with Gasteiger partial charge in [0, 0.05) is 0 Å². The van der Waals surface area contributed by atoms with Crippen molar-refractivity contribution < 1.29 is 38.8 Å². The first kappa shape index (κ1) is 13.0. The lowest BCUT2D eigenvalue weighted by Gasteiger charge is -2.06. The average Bonchev–Trinajstić information content (AvgIpc) is 1.43. The largest absolute Gasteiger partial charge is 0.503 e. The van der Waals surface area contributed by atoms with Crippen molar-refractivity contribution >= 4 is 28.3 Å².